The maximum atomic E-state index is 12.4. The van der Waals surface area contributed by atoms with Crippen LogP contribution in [0, 0.1) is 0 Å². The molecular formula is C19H18N4O. The molecule has 24 heavy (non-hydrogen) atoms. The zero-order chi connectivity index (χ0) is 16.4. The molecule has 0 bridgehead atoms. The van der Waals surface area contributed by atoms with Crippen molar-refractivity contribution in [1.82, 2.24) is 20.4 Å². The Morgan fingerprint density at radius 1 is 1.12 bits per heavy atom. The molecule has 3 aromatic rings. The van der Waals surface area contributed by atoms with E-state index in [4.69, 9.17) is 0 Å². The summed E-state index contributed by atoms with van der Waals surface area (Å²) in [4.78, 5) is 12.4. The Balaban J connectivity index is 1.53. The number of amides is 1. The Kier molecular flexibility index (Phi) is 3.84. The number of rotatable bonds is 4. The van der Waals surface area contributed by atoms with E-state index in [1.807, 2.05) is 65.5 Å². The summed E-state index contributed by atoms with van der Waals surface area (Å²) in [5.74, 6) is -0.0809. The van der Waals surface area contributed by atoms with Crippen LogP contribution in [0.1, 0.15) is 27.2 Å². The molecule has 0 fully saturated rings. The van der Waals surface area contributed by atoms with E-state index >= 15 is 0 Å². The highest BCUT2D eigenvalue weighted by molar-refractivity contribution is 5.94. The van der Waals surface area contributed by atoms with Crippen molar-refractivity contribution in [3.63, 3.8) is 0 Å². The molecule has 0 radical (unpaired) electrons. The second kappa shape index (κ2) is 6.29. The predicted molar refractivity (Wildman–Crippen MR) is 91.7 cm³/mol. The van der Waals surface area contributed by atoms with Crippen LogP contribution in [0.4, 0.5) is 0 Å². The second-order valence-corrected chi connectivity index (χ2v) is 5.85. The van der Waals surface area contributed by atoms with Gasteiger partial charge in [0.05, 0.1) is 17.6 Å². The monoisotopic (exact) mass is 318 g/mol. The number of hydrogen-bond donors (Lipinski definition) is 2. The summed E-state index contributed by atoms with van der Waals surface area (Å²) in [6.45, 7) is 2.18. The molecule has 0 spiro atoms. The van der Waals surface area contributed by atoms with Gasteiger partial charge in [-0.05, 0) is 23.8 Å². The van der Waals surface area contributed by atoms with Crippen LogP contribution in [0.25, 0.3) is 5.69 Å². The zero-order valence-electron chi connectivity index (χ0n) is 13.2. The van der Waals surface area contributed by atoms with Gasteiger partial charge in [-0.2, -0.15) is 5.10 Å². The quantitative estimate of drug-likeness (QED) is 0.776. The van der Waals surface area contributed by atoms with Gasteiger partial charge in [0.1, 0.15) is 0 Å². The van der Waals surface area contributed by atoms with E-state index < -0.39 is 0 Å². The first-order valence-corrected chi connectivity index (χ1v) is 8.00. The van der Waals surface area contributed by atoms with E-state index in [1.54, 1.807) is 0 Å². The summed E-state index contributed by atoms with van der Waals surface area (Å²) in [7, 11) is 0. The van der Waals surface area contributed by atoms with Gasteiger partial charge in [-0.3, -0.25) is 4.79 Å². The van der Waals surface area contributed by atoms with Crippen molar-refractivity contribution in [2.45, 2.75) is 19.6 Å². The molecule has 1 amide bonds. The number of carbonyl (C=O) groups excluding carboxylic acids is 1. The summed E-state index contributed by atoms with van der Waals surface area (Å²) in [5.41, 5.74) is 5.01. The molecule has 1 aliphatic rings. The van der Waals surface area contributed by atoms with E-state index in [1.165, 1.54) is 5.56 Å². The first kappa shape index (κ1) is 14.7. The van der Waals surface area contributed by atoms with Gasteiger partial charge in [-0.15, -0.1) is 0 Å². The normalized spacial score (nSPS) is 12.8. The molecule has 4 rings (SSSR count). The fourth-order valence-electron chi connectivity index (χ4n) is 2.94. The van der Waals surface area contributed by atoms with Crippen molar-refractivity contribution in [2.75, 3.05) is 0 Å². The van der Waals surface area contributed by atoms with E-state index in [2.05, 4.69) is 15.7 Å². The molecule has 0 aliphatic carbocycles. The smallest absolute Gasteiger partial charge is 0.251 e. The first-order chi connectivity index (χ1) is 11.8. The molecule has 120 valence electrons. The van der Waals surface area contributed by atoms with Crippen molar-refractivity contribution in [3.05, 3.63) is 83.2 Å². The summed E-state index contributed by atoms with van der Waals surface area (Å²) in [5, 5.41) is 10.7. The predicted octanol–water partition coefficient (Wildman–Crippen LogP) is 2.41. The lowest BCUT2D eigenvalue weighted by Gasteiger charge is -2.09. The molecule has 2 aromatic carbocycles. The lowest BCUT2D eigenvalue weighted by atomic mass is 10.1. The highest BCUT2D eigenvalue weighted by atomic mass is 16.1. The van der Waals surface area contributed by atoms with Crippen LogP contribution in [0.5, 0.6) is 0 Å². The third-order valence-electron chi connectivity index (χ3n) is 4.21. The third-order valence-corrected chi connectivity index (χ3v) is 4.21. The van der Waals surface area contributed by atoms with E-state index in [0.29, 0.717) is 12.1 Å². The van der Waals surface area contributed by atoms with Gasteiger partial charge in [-0.1, -0.05) is 36.4 Å². The lowest BCUT2D eigenvalue weighted by Crippen LogP contribution is -2.23. The fourth-order valence-corrected chi connectivity index (χ4v) is 2.94. The Labute approximate surface area is 140 Å². The number of aromatic nitrogens is 2. The molecule has 2 heterocycles. The topological polar surface area (TPSA) is 59.0 Å². The van der Waals surface area contributed by atoms with Gasteiger partial charge in [-0.25, -0.2) is 4.68 Å². The van der Waals surface area contributed by atoms with Crippen LogP contribution in [-0.2, 0) is 19.6 Å². The largest absolute Gasteiger partial charge is 0.348 e. The van der Waals surface area contributed by atoms with Crippen LogP contribution < -0.4 is 10.6 Å². The van der Waals surface area contributed by atoms with Crippen molar-refractivity contribution < 1.29 is 4.79 Å². The third kappa shape index (κ3) is 2.81. The molecule has 0 saturated carbocycles. The average Bonchev–Trinajstić information content (AvgIpc) is 3.24. The average molecular weight is 318 g/mol. The number of carbonyl (C=O) groups is 1. The molecule has 0 atom stereocenters. The van der Waals surface area contributed by atoms with Crippen LogP contribution in [0.3, 0.4) is 0 Å². The van der Waals surface area contributed by atoms with E-state index in [9.17, 15) is 4.79 Å². The van der Waals surface area contributed by atoms with Gasteiger partial charge in [0.15, 0.2) is 0 Å². The highest BCUT2D eigenvalue weighted by Gasteiger charge is 2.17. The van der Waals surface area contributed by atoms with Crippen LogP contribution in [-0.4, -0.2) is 15.7 Å². The summed E-state index contributed by atoms with van der Waals surface area (Å²) >= 11 is 0. The fraction of sp³-hybridized carbons (Fsp3) is 0.158. The van der Waals surface area contributed by atoms with Crippen molar-refractivity contribution in [3.8, 4) is 5.69 Å². The Hall–Kier alpha value is -2.92. The summed E-state index contributed by atoms with van der Waals surface area (Å²) in [6.07, 6.45) is 1.89. The number of fused-ring (bicyclic) bond motifs is 1. The molecule has 0 unspecified atom stereocenters. The number of nitrogens with one attached hydrogen (secondary N) is 2. The summed E-state index contributed by atoms with van der Waals surface area (Å²) in [6, 6.07) is 17.5. The van der Waals surface area contributed by atoms with Gasteiger partial charge in [0.25, 0.3) is 5.91 Å². The number of hydrogen-bond acceptors (Lipinski definition) is 3. The van der Waals surface area contributed by atoms with Gasteiger partial charge in [0, 0.05) is 30.8 Å². The molecule has 1 aliphatic heterocycles. The van der Waals surface area contributed by atoms with Crippen LogP contribution in [0.15, 0.2) is 60.8 Å². The van der Waals surface area contributed by atoms with Crippen molar-refractivity contribution in [2.24, 2.45) is 0 Å². The summed E-state index contributed by atoms with van der Waals surface area (Å²) < 4.78 is 1.91. The molecule has 5 heteroatoms. The molecule has 2 N–H and O–H groups in total. The van der Waals surface area contributed by atoms with Crippen molar-refractivity contribution >= 4 is 5.91 Å². The van der Waals surface area contributed by atoms with Crippen molar-refractivity contribution in [1.29, 1.82) is 0 Å². The number of nitrogens with zero attached hydrogens (tertiary/aromatic N) is 2. The lowest BCUT2D eigenvalue weighted by molar-refractivity contribution is 0.0951. The Morgan fingerprint density at radius 3 is 2.88 bits per heavy atom. The van der Waals surface area contributed by atoms with Gasteiger partial charge >= 0.3 is 0 Å². The standard InChI is InChI=1S/C19H18N4O/c24-19(21-10-14-5-2-1-3-6-14)15-7-4-8-17(9-15)23-18-13-20-11-16(18)12-22-23/h1-9,12,20H,10-11,13H2,(H,21,24). The minimum atomic E-state index is -0.0809. The highest BCUT2D eigenvalue weighted by Crippen LogP contribution is 2.19. The first-order valence-electron chi connectivity index (χ1n) is 8.00. The maximum absolute atomic E-state index is 12.4. The second-order valence-electron chi connectivity index (χ2n) is 5.85. The Bertz CT molecular complexity index is 870. The van der Waals surface area contributed by atoms with E-state index in [0.717, 1.165) is 30.0 Å². The SMILES string of the molecule is O=C(NCc1ccccc1)c1cccc(-n2ncc3c2CNC3)c1. The maximum Gasteiger partial charge on any atom is 0.251 e. The minimum absolute atomic E-state index is 0.0809. The van der Waals surface area contributed by atoms with E-state index in [-0.39, 0.29) is 5.91 Å². The minimum Gasteiger partial charge on any atom is -0.348 e. The molecule has 1 aromatic heterocycles. The molecule has 0 saturated heterocycles. The number of benzene rings is 2. The van der Waals surface area contributed by atoms with Crippen LogP contribution in [0.2, 0.25) is 0 Å². The van der Waals surface area contributed by atoms with Gasteiger partial charge in [0.2, 0.25) is 0 Å². The Morgan fingerprint density at radius 2 is 2.00 bits per heavy atom. The van der Waals surface area contributed by atoms with Crippen LogP contribution >= 0.6 is 0 Å². The molecule has 5 nitrogen and oxygen atoms in total. The molecular weight excluding hydrogens is 300 g/mol. The zero-order valence-corrected chi connectivity index (χ0v) is 13.2. The van der Waals surface area contributed by atoms with Gasteiger partial charge < -0.3 is 10.6 Å².